The Morgan fingerprint density at radius 2 is 1.96 bits per heavy atom. The van der Waals surface area contributed by atoms with Gasteiger partial charge in [-0.15, -0.1) is 0 Å². The zero-order valence-corrected chi connectivity index (χ0v) is 13.9. The van der Waals surface area contributed by atoms with Gasteiger partial charge in [0.15, 0.2) is 5.60 Å². The largest absolute Gasteiger partial charge is 0.459 e. The summed E-state index contributed by atoms with van der Waals surface area (Å²) in [6, 6.07) is 9.06. The Morgan fingerprint density at radius 1 is 1.30 bits per heavy atom. The standard InChI is InChI=1S/C19H25NO3/c1-14(2)19(22,17-6-4-3-5-7-17)18(21)23-13-16-12-20-10-8-15(16)9-11-20/h3-7,12,14-15,22H,8-11,13H2,1-2H3/t19-/m0/s1. The number of aliphatic hydroxyl groups is 1. The summed E-state index contributed by atoms with van der Waals surface area (Å²) in [5, 5.41) is 11.0. The third-order valence-electron chi connectivity index (χ3n) is 5.13. The molecule has 0 saturated carbocycles. The molecule has 0 amide bonds. The van der Waals surface area contributed by atoms with E-state index in [2.05, 4.69) is 11.1 Å². The minimum Gasteiger partial charge on any atom is -0.459 e. The minimum absolute atomic E-state index is 0.266. The second-order valence-electron chi connectivity index (χ2n) is 6.88. The average molecular weight is 315 g/mol. The molecule has 0 spiro atoms. The van der Waals surface area contributed by atoms with Gasteiger partial charge in [-0.05, 0) is 35.8 Å². The van der Waals surface area contributed by atoms with Crippen molar-refractivity contribution in [1.29, 1.82) is 0 Å². The molecule has 1 saturated heterocycles. The fourth-order valence-electron chi connectivity index (χ4n) is 3.53. The molecule has 0 aromatic heterocycles. The summed E-state index contributed by atoms with van der Waals surface area (Å²) in [5.74, 6) is -0.300. The Bertz CT molecular complexity index is 588. The van der Waals surface area contributed by atoms with E-state index in [0.717, 1.165) is 25.9 Å². The summed E-state index contributed by atoms with van der Waals surface area (Å²) in [4.78, 5) is 14.9. The highest BCUT2D eigenvalue weighted by Crippen LogP contribution is 2.34. The number of fused-ring (bicyclic) bond motifs is 2. The van der Waals surface area contributed by atoms with Crippen molar-refractivity contribution in [3.8, 4) is 0 Å². The number of nitrogens with zero attached hydrogens (tertiary/aromatic N) is 1. The molecule has 4 nitrogen and oxygen atoms in total. The predicted molar refractivity (Wildman–Crippen MR) is 88.5 cm³/mol. The van der Waals surface area contributed by atoms with Crippen molar-refractivity contribution in [2.75, 3.05) is 19.7 Å². The Morgan fingerprint density at radius 3 is 2.48 bits per heavy atom. The van der Waals surface area contributed by atoms with E-state index >= 15 is 0 Å². The van der Waals surface area contributed by atoms with Crippen LogP contribution in [0.3, 0.4) is 0 Å². The number of carbonyl (C=O) groups excluding carboxylic acids is 1. The summed E-state index contributed by atoms with van der Waals surface area (Å²) in [6.45, 7) is 6.15. The zero-order valence-electron chi connectivity index (χ0n) is 13.9. The van der Waals surface area contributed by atoms with E-state index < -0.39 is 11.6 Å². The van der Waals surface area contributed by atoms with Gasteiger partial charge in [0.1, 0.15) is 6.61 Å². The molecule has 4 rings (SSSR count). The number of carbonyl (C=O) groups is 1. The predicted octanol–water partition coefficient (Wildman–Crippen LogP) is 2.68. The average Bonchev–Trinajstić information content (AvgIpc) is 2.60. The van der Waals surface area contributed by atoms with E-state index in [-0.39, 0.29) is 12.5 Å². The highest BCUT2D eigenvalue weighted by atomic mass is 16.5. The van der Waals surface area contributed by atoms with Crippen LogP contribution in [-0.4, -0.2) is 35.7 Å². The van der Waals surface area contributed by atoms with Crippen LogP contribution in [0.15, 0.2) is 42.1 Å². The lowest BCUT2D eigenvalue weighted by Crippen LogP contribution is -2.43. The van der Waals surface area contributed by atoms with Gasteiger partial charge >= 0.3 is 5.97 Å². The molecule has 1 fully saturated rings. The normalized spacial score (nSPS) is 20.3. The van der Waals surface area contributed by atoms with Crippen LogP contribution in [0.25, 0.3) is 0 Å². The molecule has 1 atom stereocenters. The van der Waals surface area contributed by atoms with Gasteiger partial charge in [-0.1, -0.05) is 44.2 Å². The molecule has 4 heteroatoms. The van der Waals surface area contributed by atoms with Crippen LogP contribution in [-0.2, 0) is 15.1 Å². The van der Waals surface area contributed by atoms with Gasteiger partial charge in [-0.2, -0.15) is 0 Å². The zero-order chi connectivity index (χ0) is 16.4. The molecule has 1 aromatic carbocycles. The first kappa shape index (κ1) is 16.1. The van der Waals surface area contributed by atoms with Crippen LogP contribution in [0.1, 0.15) is 32.3 Å². The van der Waals surface area contributed by atoms with E-state index in [1.807, 2.05) is 32.0 Å². The summed E-state index contributed by atoms with van der Waals surface area (Å²) >= 11 is 0. The fourth-order valence-corrected chi connectivity index (χ4v) is 3.53. The third-order valence-corrected chi connectivity index (χ3v) is 5.13. The molecule has 1 aromatic rings. The second kappa shape index (κ2) is 6.36. The maximum atomic E-state index is 12.6. The molecule has 0 aliphatic carbocycles. The maximum absolute atomic E-state index is 12.6. The number of piperidine rings is 1. The molecule has 0 unspecified atom stereocenters. The molecule has 124 valence electrons. The number of esters is 1. The van der Waals surface area contributed by atoms with E-state index in [0.29, 0.717) is 11.5 Å². The maximum Gasteiger partial charge on any atom is 0.343 e. The van der Waals surface area contributed by atoms with Gasteiger partial charge < -0.3 is 14.7 Å². The summed E-state index contributed by atoms with van der Waals surface area (Å²) in [5.41, 5.74) is 0.161. The van der Waals surface area contributed by atoms with Crippen LogP contribution in [0.4, 0.5) is 0 Å². The minimum atomic E-state index is -1.60. The quantitative estimate of drug-likeness (QED) is 0.849. The third kappa shape index (κ3) is 3.00. The van der Waals surface area contributed by atoms with Crippen molar-refractivity contribution >= 4 is 5.97 Å². The van der Waals surface area contributed by atoms with Crippen molar-refractivity contribution in [2.24, 2.45) is 11.8 Å². The van der Waals surface area contributed by atoms with Gasteiger partial charge in [-0.25, -0.2) is 4.79 Å². The number of hydrogen-bond acceptors (Lipinski definition) is 4. The first-order valence-electron chi connectivity index (χ1n) is 8.41. The van der Waals surface area contributed by atoms with Crippen molar-refractivity contribution in [3.63, 3.8) is 0 Å². The molecule has 0 radical (unpaired) electrons. The van der Waals surface area contributed by atoms with Crippen LogP contribution in [0.2, 0.25) is 0 Å². The molecule has 3 heterocycles. The molecule has 23 heavy (non-hydrogen) atoms. The fraction of sp³-hybridized carbons (Fsp3) is 0.526. The van der Waals surface area contributed by atoms with Gasteiger partial charge in [-0.3, -0.25) is 0 Å². The van der Waals surface area contributed by atoms with Crippen LogP contribution >= 0.6 is 0 Å². The summed E-state index contributed by atoms with van der Waals surface area (Å²) in [7, 11) is 0. The summed E-state index contributed by atoms with van der Waals surface area (Å²) < 4.78 is 5.53. The van der Waals surface area contributed by atoms with E-state index in [4.69, 9.17) is 4.74 Å². The number of ether oxygens (including phenoxy) is 1. The van der Waals surface area contributed by atoms with Gasteiger partial charge in [0.05, 0.1) is 0 Å². The Balaban J connectivity index is 1.73. The Hall–Kier alpha value is -1.81. The lowest BCUT2D eigenvalue weighted by molar-refractivity contribution is -0.171. The second-order valence-corrected chi connectivity index (χ2v) is 6.88. The highest BCUT2D eigenvalue weighted by Gasteiger charge is 2.43. The lowest BCUT2D eigenvalue weighted by atomic mass is 9.83. The van der Waals surface area contributed by atoms with Crippen LogP contribution < -0.4 is 0 Å². The highest BCUT2D eigenvalue weighted by molar-refractivity contribution is 5.81. The molecule has 3 aliphatic rings. The van der Waals surface area contributed by atoms with Crippen molar-refractivity contribution < 1.29 is 14.6 Å². The van der Waals surface area contributed by atoms with Gasteiger partial charge in [0.25, 0.3) is 0 Å². The lowest BCUT2D eigenvalue weighted by Gasteiger charge is -2.39. The molecule has 2 bridgehead atoms. The van der Waals surface area contributed by atoms with Crippen molar-refractivity contribution in [2.45, 2.75) is 32.3 Å². The topological polar surface area (TPSA) is 49.8 Å². The Kier molecular flexibility index (Phi) is 4.44. The number of rotatable bonds is 5. The summed E-state index contributed by atoms with van der Waals surface area (Å²) in [6.07, 6.45) is 4.40. The monoisotopic (exact) mass is 315 g/mol. The number of hydrogen-bond donors (Lipinski definition) is 1. The van der Waals surface area contributed by atoms with Gasteiger partial charge in [0, 0.05) is 19.3 Å². The molecular weight excluding hydrogens is 290 g/mol. The van der Waals surface area contributed by atoms with E-state index in [1.165, 1.54) is 5.57 Å². The van der Waals surface area contributed by atoms with Crippen molar-refractivity contribution in [3.05, 3.63) is 47.7 Å². The van der Waals surface area contributed by atoms with E-state index in [1.54, 1.807) is 12.1 Å². The molecule has 3 aliphatic heterocycles. The van der Waals surface area contributed by atoms with Crippen LogP contribution in [0.5, 0.6) is 0 Å². The van der Waals surface area contributed by atoms with Crippen LogP contribution in [0, 0.1) is 11.8 Å². The van der Waals surface area contributed by atoms with Crippen molar-refractivity contribution in [1.82, 2.24) is 4.90 Å². The Labute approximate surface area is 137 Å². The molecular formula is C19H25NO3. The smallest absolute Gasteiger partial charge is 0.343 e. The number of benzene rings is 1. The SMILES string of the molecule is CC(C)[C@@](O)(C(=O)OCC1=CN2CCC1CC2)c1ccccc1. The van der Waals surface area contributed by atoms with E-state index in [9.17, 15) is 9.90 Å². The first-order valence-corrected chi connectivity index (χ1v) is 8.41. The molecule has 1 N–H and O–H groups in total. The van der Waals surface area contributed by atoms with Gasteiger partial charge in [0.2, 0.25) is 0 Å². The first-order chi connectivity index (χ1) is 11.0.